The molecule has 2 aromatic carbocycles. The number of hydrogen-bond acceptors (Lipinski definition) is 2. The molecule has 3 aromatic rings. The molecule has 0 spiro atoms. The van der Waals surface area contributed by atoms with Crippen molar-refractivity contribution in [3.8, 4) is 11.4 Å². The van der Waals surface area contributed by atoms with Gasteiger partial charge in [-0.2, -0.15) is 9.13 Å². The SMILES string of the molecule is CC(C)c1cc(Br)cc(C(C)C)c1-n1cc[n+](-c2c(C(C)C)cc(Br)cc2C(C)C)c1C(=O)[O-]. The van der Waals surface area contributed by atoms with Crippen molar-refractivity contribution in [1.29, 1.82) is 0 Å². The van der Waals surface area contributed by atoms with Crippen molar-refractivity contribution in [3.63, 3.8) is 0 Å². The number of halogens is 2. The summed E-state index contributed by atoms with van der Waals surface area (Å²) in [6, 6.07) is 8.37. The average Bonchev–Trinajstić information content (AvgIpc) is 3.16. The topological polar surface area (TPSA) is 48.9 Å². The Morgan fingerprint density at radius 3 is 1.50 bits per heavy atom. The molecule has 0 saturated carbocycles. The first-order chi connectivity index (χ1) is 15.8. The lowest BCUT2D eigenvalue weighted by Crippen LogP contribution is -2.44. The normalized spacial score (nSPS) is 11.9. The number of benzene rings is 2. The van der Waals surface area contributed by atoms with Crippen molar-refractivity contribution < 1.29 is 14.5 Å². The van der Waals surface area contributed by atoms with Gasteiger partial charge in [-0.3, -0.25) is 0 Å². The van der Waals surface area contributed by atoms with Gasteiger partial charge in [-0.1, -0.05) is 87.2 Å². The van der Waals surface area contributed by atoms with Gasteiger partial charge in [0.15, 0.2) is 5.97 Å². The van der Waals surface area contributed by atoms with E-state index >= 15 is 0 Å². The maximum Gasteiger partial charge on any atom is 0.315 e. The Bertz CT molecular complexity index is 1080. The second-order valence-electron chi connectivity index (χ2n) is 10.1. The standard InChI is InChI=1S/C28H34Br2N2O2/c1-15(2)21-11-19(29)12-22(16(3)4)25(21)31-9-10-32(27(31)28(33)34)26-23(17(5)6)13-20(30)14-24(26)18(7)8/h9-18H,1-8H3. The zero-order valence-electron chi connectivity index (χ0n) is 21.2. The molecule has 34 heavy (non-hydrogen) atoms. The molecular formula is C28H34Br2N2O2. The minimum absolute atomic E-state index is 0.122. The number of carbonyl (C=O) groups excluding carboxylic acids is 1. The Hall–Kier alpha value is -1.92. The van der Waals surface area contributed by atoms with E-state index in [1.54, 1.807) is 0 Å². The van der Waals surface area contributed by atoms with Gasteiger partial charge in [-0.15, -0.1) is 0 Å². The molecule has 0 bridgehead atoms. The summed E-state index contributed by atoms with van der Waals surface area (Å²) >= 11 is 7.31. The second kappa shape index (κ2) is 10.4. The highest BCUT2D eigenvalue weighted by molar-refractivity contribution is 9.10. The first kappa shape index (κ1) is 26.7. The number of aromatic nitrogens is 2. The predicted molar refractivity (Wildman–Crippen MR) is 143 cm³/mol. The number of carbonyl (C=O) groups is 1. The van der Waals surface area contributed by atoms with E-state index in [0.717, 1.165) is 42.6 Å². The lowest BCUT2D eigenvalue weighted by atomic mass is 9.92. The number of aromatic carboxylic acids is 1. The molecule has 4 nitrogen and oxygen atoms in total. The zero-order chi connectivity index (χ0) is 25.5. The van der Waals surface area contributed by atoms with Crippen LogP contribution in [0.2, 0.25) is 0 Å². The van der Waals surface area contributed by atoms with Gasteiger partial charge in [0.2, 0.25) is 0 Å². The number of rotatable bonds is 7. The molecule has 0 amide bonds. The largest absolute Gasteiger partial charge is 0.538 e. The minimum atomic E-state index is -1.20. The predicted octanol–water partition coefficient (Wildman–Crippen LogP) is 7.14. The van der Waals surface area contributed by atoms with Crippen LogP contribution in [-0.2, 0) is 0 Å². The summed E-state index contributed by atoms with van der Waals surface area (Å²) in [6.45, 7) is 17.1. The third kappa shape index (κ3) is 5.03. The molecule has 1 heterocycles. The molecular weight excluding hydrogens is 556 g/mol. The Labute approximate surface area is 220 Å². The third-order valence-electron chi connectivity index (χ3n) is 6.24. The van der Waals surface area contributed by atoms with Crippen LogP contribution >= 0.6 is 31.9 Å². The van der Waals surface area contributed by atoms with Crippen molar-refractivity contribution in [2.24, 2.45) is 0 Å². The van der Waals surface area contributed by atoms with Crippen molar-refractivity contribution >= 4 is 37.8 Å². The minimum Gasteiger partial charge on any atom is -0.538 e. The van der Waals surface area contributed by atoms with Crippen LogP contribution in [0.1, 0.15) is 112 Å². The molecule has 0 fully saturated rings. The van der Waals surface area contributed by atoms with E-state index < -0.39 is 5.97 Å². The molecule has 0 radical (unpaired) electrons. The molecule has 3 rings (SSSR count). The van der Waals surface area contributed by atoms with Gasteiger partial charge in [0.05, 0.1) is 0 Å². The van der Waals surface area contributed by atoms with E-state index in [9.17, 15) is 9.90 Å². The zero-order valence-corrected chi connectivity index (χ0v) is 24.4. The van der Waals surface area contributed by atoms with E-state index in [-0.39, 0.29) is 29.5 Å². The van der Waals surface area contributed by atoms with Crippen molar-refractivity contribution in [2.75, 3.05) is 0 Å². The van der Waals surface area contributed by atoms with Crippen LogP contribution in [0.5, 0.6) is 0 Å². The lowest BCUT2D eigenvalue weighted by molar-refractivity contribution is -0.602. The third-order valence-corrected chi connectivity index (χ3v) is 7.16. The molecule has 0 aliphatic carbocycles. The Balaban J connectivity index is 2.48. The van der Waals surface area contributed by atoms with Gasteiger partial charge < -0.3 is 9.90 Å². The summed E-state index contributed by atoms with van der Waals surface area (Å²) in [6.07, 6.45) is 3.73. The number of imidazole rings is 1. The van der Waals surface area contributed by atoms with Crippen molar-refractivity contribution in [3.05, 3.63) is 73.7 Å². The highest BCUT2D eigenvalue weighted by atomic mass is 79.9. The molecule has 0 aliphatic heterocycles. The maximum absolute atomic E-state index is 12.7. The van der Waals surface area contributed by atoms with Gasteiger partial charge in [0, 0.05) is 31.2 Å². The monoisotopic (exact) mass is 588 g/mol. The number of carboxylic acid groups (broad SMARTS) is 1. The van der Waals surface area contributed by atoms with E-state index in [1.165, 1.54) is 0 Å². The highest BCUT2D eigenvalue weighted by Crippen LogP contribution is 2.36. The first-order valence-corrected chi connectivity index (χ1v) is 13.4. The Kier molecular flexibility index (Phi) is 8.14. The molecule has 182 valence electrons. The molecule has 0 N–H and O–H groups in total. The van der Waals surface area contributed by atoms with Crippen LogP contribution in [0.25, 0.3) is 11.4 Å². The van der Waals surface area contributed by atoms with Crippen LogP contribution in [0.3, 0.4) is 0 Å². The molecule has 0 unspecified atom stereocenters. The van der Waals surface area contributed by atoms with E-state index in [0.29, 0.717) is 0 Å². The number of hydrogen-bond donors (Lipinski definition) is 0. The van der Waals surface area contributed by atoms with Crippen LogP contribution in [0.15, 0.2) is 45.6 Å². The lowest BCUT2D eigenvalue weighted by Gasteiger charge is -2.20. The van der Waals surface area contributed by atoms with Gasteiger partial charge in [0.1, 0.15) is 23.8 Å². The van der Waals surface area contributed by atoms with Gasteiger partial charge in [0.25, 0.3) is 0 Å². The quantitative estimate of drug-likeness (QED) is 0.275. The van der Waals surface area contributed by atoms with E-state index in [4.69, 9.17) is 0 Å². The first-order valence-electron chi connectivity index (χ1n) is 11.9. The Morgan fingerprint density at radius 2 is 1.15 bits per heavy atom. The Morgan fingerprint density at radius 1 is 0.765 bits per heavy atom. The summed E-state index contributed by atoms with van der Waals surface area (Å²) in [5.41, 5.74) is 6.19. The summed E-state index contributed by atoms with van der Waals surface area (Å²) < 4.78 is 5.61. The van der Waals surface area contributed by atoms with E-state index in [2.05, 4.69) is 112 Å². The van der Waals surface area contributed by atoms with Crippen molar-refractivity contribution in [2.45, 2.75) is 79.1 Å². The van der Waals surface area contributed by atoms with Crippen LogP contribution in [0.4, 0.5) is 0 Å². The second-order valence-corrected chi connectivity index (χ2v) is 12.0. The van der Waals surface area contributed by atoms with Crippen LogP contribution in [-0.4, -0.2) is 10.5 Å². The molecule has 1 aromatic heterocycles. The highest BCUT2D eigenvalue weighted by Gasteiger charge is 2.31. The smallest absolute Gasteiger partial charge is 0.315 e. The average molecular weight is 590 g/mol. The van der Waals surface area contributed by atoms with Crippen molar-refractivity contribution in [1.82, 2.24) is 4.57 Å². The molecule has 6 heteroatoms. The molecule has 0 atom stereocenters. The summed E-state index contributed by atoms with van der Waals surface area (Å²) in [4.78, 5) is 12.7. The fourth-order valence-corrected chi connectivity index (χ4v) is 5.54. The summed E-state index contributed by atoms with van der Waals surface area (Å²) in [5, 5.41) is 12.7. The number of nitrogens with zero attached hydrogens (tertiary/aromatic N) is 2. The van der Waals surface area contributed by atoms with E-state index in [1.807, 2.05) is 21.5 Å². The van der Waals surface area contributed by atoms with Crippen LogP contribution < -0.4 is 9.67 Å². The van der Waals surface area contributed by atoms with Gasteiger partial charge >= 0.3 is 5.82 Å². The molecule has 0 aliphatic rings. The number of carboxylic acids is 1. The fourth-order valence-electron chi connectivity index (χ4n) is 4.55. The molecule has 0 saturated heterocycles. The van der Waals surface area contributed by atoms with Crippen LogP contribution in [0, 0.1) is 0 Å². The van der Waals surface area contributed by atoms with Gasteiger partial charge in [-0.05, 0) is 47.9 Å². The van der Waals surface area contributed by atoms with Gasteiger partial charge in [-0.25, -0.2) is 0 Å². The summed E-state index contributed by atoms with van der Waals surface area (Å²) in [5.74, 6) is -0.246. The fraction of sp³-hybridized carbons (Fsp3) is 0.429. The maximum atomic E-state index is 12.7. The summed E-state index contributed by atoms with van der Waals surface area (Å²) in [7, 11) is 0.